The molecule has 0 fully saturated rings. The van der Waals surface area contributed by atoms with Gasteiger partial charge in [-0.15, -0.1) is 0 Å². The van der Waals surface area contributed by atoms with E-state index < -0.39 is 33.8 Å². The van der Waals surface area contributed by atoms with Crippen LogP contribution in [0.15, 0.2) is 36.4 Å². The number of nitrogens with one attached hydrogen (secondary N) is 2. The molecule has 0 aromatic heterocycles. The molecule has 8 nitrogen and oxygen atoms in total. The van der Waals surface area contributed by atoms with E-state index in [-0.39, 0.29) is 24.4 Å². The molecule has 0 radical (unpaired) electrons. The standard InChI is InChI=1S/C16H21FN2O6S/c1-23-14-7-8-16(24-2,25-14)11-19-26(21,22)10-9-18-15(20)12-3-5-13(17)6-4-12/h3-8,14,19H,9-11H2,1-2H3,(H,18,20)/t14-,16-/m0/s1. The first-order valence-corrected chi connectivity index (χ1v) is 9.41. The monoisotopic (exact) mass is 388 g/mol. The van der Waals surface area contributed by atoms with Crippen LogP contribution in [0.5, 0.6) is 0 Å². The maximum absolute atomic E-state index is 12.8. The topological polar surface area (TPSA) is 103 Å². The second-order valence-corrected chi connectivity index (χ2v) is 7.43. The van der Waals surface area contributed by atoms with Gasteiger partial charge >= 0.3 is 0 Å². The molecular formula is C16H21FN2O6S. The number of sulfonamides is 1. The van der Waals surface area contributed by atoms with Crippen molar-refractivity contribution < 1.29 is 31.8 Å². The lowest BCUT2D eigenvalue weighted by molar-refractivity contribution is -0.237. The molecule has 26 heavy (non-hydrogen) atoms. The second kappa shape index (κ2) is 8.69. The normalized spacial score (nSPS) is 22.5. The Balaban J connectivity index is 1.80. The van der Waals surface area contributed by atoms with Crippen molar-refractivity contribution >= 4 is 15.9 Å². The minimum atomic E-state index is -3.69. The van der Waals surface area contributed by atoms with Gasteiger partial charge in [0.05, 0.1) is 12.3 Å². The van der Waals surface area contributed by atoms with Crippen LogP contribution < -0.4 is 10.0 Å². The average molecular weight is 388 g/mol. The summed E-state index contributed by atoms with van der Waals surface area (Å²) in [6.45, 7) is -0.253. The molecule has 10 heteroatoms. The van der Waals surface area contributed by atoms with Crippen molar-refractivity contribution in [1.29, 1.82) is 0 Å². The van der Waals surface area contributed by atoms with Gasteiger partial charge in [0.25, 0.3) is 5.91 Å². The van der Waals surface area contributed by atoms with Crippen LogP contribution in [0.3, 0.4) is 0 Å². The van der Waals surface area contributed by atoms with E-state index in [4.69, 9.17) is 14.2 Å². The van der Waals surface area contributed by atoms with Gasteiger partial charge in [0.15, 0.2) is 6.29 Å². The van der Waals surface area contributed by atoms with Gasteiger partial charge in [-0.2, -0.15) is 0 Å². The van der Waals surface area contributed by atoms with Crippen molar-refractivity contribution in [2.24, 2.45) is 0 Å². The number of hydrogen-bond donors (Lipinski definition) is 2. The number of carbonyl (C=O) groups excluding carboxylic acids is 1. The van der Waals surface area contributed by atoms with Crippen molar-refractivity contribution in [3.8, 4) is 0 Å². The predicted octanol–water partition coefficient (Wildman–Crippen LogP) is 0.377. The molecule has 1 aromatic rings. The summed E-state index contributed by atoms with van der Waals surface area (Å²) in [5, 5.41) is 2.47. The first-order valence-electron chi connectivity index (χ1n) is 7.75. The third kappa shape index (κ3) is 5.58. The Hall–Kier alpha value is -1.85. The fourth-order valence-electron chi connectivity index (χ4n) is 2.20. The van der Waals surface area contributed by atoms with Crippen LogP contribution in [0.25, 0.3) is 0 Å². The molecule has 0 bridgehead atoms. The summed E-state index contributed by atoms with van der Waals surface area (Å²) in [6.07, 6.45) is 2.57. The Morgan fingerprint density at radius 3 is 2.58 bits per heavy atom. The summed E-state index contributed by atoms with van der Waals surface area (Å²) in [7, 11) is -0.844. The average Bonchev–Trinajstić information content (AvgIpc) is 3.05. The van der Waals surface area contributed by atoms with Gasteiger partial charge in [-0.05, 0) is 36.4 Å². The molecule has 2 rings (SSSR count). The van der Waals surface area contributed by atoms with E-state index in [2.05, 4.69) is 10.0 Å². The summed E-state index contributed by atoms with van der Waals surface area (Å²) in [5.41, 5.74) is 0.241. The highest BCUT2D eigenvalue weighted by Crippen LogP contribution is 2.24. The Morgan fingerprint density at radius 1 is 1.31 bits per heavy atom. The van der Waals surface area contributed by atoms with Crippen LogP contribution in [-0.4, -0.2) is 59.5 Å². The number of amides is 1. The zero-order chi connectivity index (χ0) is 19.2. The van der Waals surface area contributed by atoms with Gasteiger partial charge in [0.2, 0.25) is 15.8 Å². The zero-order valence-corrected chi connectivity index (χ0v) is 15.2. The summed E-state index contributed by atoms with van der Waals surface area (Å²) in [5.74, 6) is -2.53. The minimum Gasteiger partial charge on any atom is -0.352 e. The van der Waals surface area contributed by atoms with Crippen LogP contribution >= 0.6 is 0 Å². The number of halogens is 1. The van der Waals surface area contributed by atoms with E-state index in [0.29, 0.717) is 0 Å². The van der Waals surface area contributed by atoms with Crippen LogP contribution in [0.1, 0.15) is 10.4 Å². The quantitative estimate of drug-likeness (QED) is 0.593. The Labute approximate surface area is 151 Å². The highest BCUT2D eigenvalue weighted by molar-refractivity contribution is 7.89. The van der Waals surface area contributed by atoms with Crippen LogP contribution in [-0.2, 0) is 24.2 Å². The molecule has 1 aliphatic rings. The summed E-state index contributed by atoms with van der Waals surface area (Å²) >= 11 is 0. The SMILES string of the molecule is CO[C@@H]1C=C[C@](CNS(=O)(=O)CCNC(=O)c2ccc(F)cc2)(OC)O1. The number of rotatable bonds is 9. The summed E-state index contributed by atoms with van der Waals surface area (Å²) in [4.78, 5) is 11.9. The van der Waals surface area contributed by atoms with E-state index in [1.54, 1.807) is 12.2 Å². The Kier molecular flexibility index (Phi) is 6.84. The number of methoxy groups -OCH3 is 2. The van der Waals surface area contributed by atoms with Crippen LogP contribution in [0.2, 0.25) is 0 Å². The van der Waals surface area contributed by atoms with Gasteiger partial charge in [0.1, 0.15) is 5.82 Å². The molecule has 0 saturated heterocycles. The zero-order valence-electron chi connectivity index (χ0n) is 14.4. The molecule has 0 spiro atoms. The predicted molar refractivity (Wildman–Crippen MR) is 91.3 cm³/mol. The largest absolute Gasteiger partial charge is 0.352 e. The molecule has 0 saturated carbocycles. The lowest BCUT2D eigenvalue weighted by Crippen LogP contribution is -2.46. The fourth-order valence-corrected chi connectivity index (χ4v) is 3.14. The van der Waals surface area contributed by atoms with E-state index in [9.17, 15) is 17.6 Å². The molecule has 2 N–H and O–H groups in total. The molecular weight excluding hydrogens is 367 g/mol. The first kappa shape index (κ1) is 20.5. The number of ether oxygens (including phenoxy) is 3. The summed E-state index contributed by atoms with van der Waals surface area (Å²) < 4.78 is 55.1. The van der Waals surface area contributed by atoms with Gasteiger partial charge in [-0.25, -0.2) is 17.5 Å². The molecule has 1 aromatic carbocycles. The van der Waals surface area contributed by atoms with E-state index in [1.807, 2.05) is 0 Å². The highest BCUT2D eigenvalue weighted by atomic mass is 32.2. The molecule has 1 amide bonds. The van der Waals surface area contributed by atoms with E-state index in [0.717, 1.165) is 12.1 Å². The molecule has 0 unspecified atom stereocenters. The number of benzene rings is 1. The maximum Gasteiger partial charge on any atom is 0.251 e. The second-order valence-electron chi connectivity index (χ2n) is 5.50. The van der Waals surface area contributed by atoms with E-state index in [1.165, 1.54) is 26.4 Å². The Morgan fingerprint density at radius 2 is 2.00 bits per heavy atom. The Bertz CT molecular complexity index is 753. The lowest BCUT2D eigenvalue weighted by atomic mass is 10.2. The maximum atomic E-state index is 12.8. The fraction of sp³-hybridized carbons (Fsp3) is 0.438. The van der Waals surface area contributed by atoms with Gasteiger partial charge in [-0.1, -0.05) is 0 Å². The van der Waals surface area contributed by atoms with Crippen LogP contribution in [0.4, 0.5) is 4.39 Å². The molecule has 1 aliphatic heterocycles. The smallest absolute Gasteiger partial charge is 0.251 e. The van der Waals surface area contributed by atoms with Crippen molar-refractivity contribution in [2.75, 3.05) is 33.1 Å². The van der Waals surface area contributed by atoms with Crippen molar-refractivity contribution in [3.63, 3.8) is 0 Å². The third-order valence-electron chi connectivity index (χ3n) is 3.70. The van der Waals surface area contributed by atoms with Crippen LogP contribution in [0, 0.1) is 5.82 Å². The van der Waals surface area contributed by atoms with Gasteiger partial charge in [-0.3, -0.25) is 4.79 Å². The third-order valence-corrected chi connectivity index (χ3v) is 5.03. The summed E-state index contributed by atoms with van der Waals surface area (Å²) in [6, 6.07) is 4.94. The number of carbonyl (C=O) groups is 1. The number of hydrogen-bond acceptors (Lipinski definition) is 6. The molecule has 1 heterocycles. The molecule has 0 aliphatic carbocycles. The van der Waals surface area contributed by atoms with Crippen molar-refractivity contribution in [1.82, 2.24) is 10.0 Å². The van der Waals surface area contributed by atoms with Crippen molar-refractivity contribution in [2.45, 2.75) is 12.1 Å². The van der Waals surface area contributed by atoms with Gasteiger partial charge < -0.3 is 19.5 Å². The first-order chi connectivity index (χ1) is 12.3. The van der Waals surface area contributed by atoms with Gasteiger partial charge in [0, 0.05) is 26.3 Å². The highest BCUT2D eigenvalue weighted by Gasteiger charge is 2.36. The molecule has 144 valence electrons. The minimum absolute atomic E-state index is 0.108. The van der Waals surface area contributed by atoms with Crippen molar-refractivity contribution in [3.05, 3.63) is 47.8 Å². The van der Waals surface area contributed by atoms with E-state index >= 15 is 0 Å². The molecule has 2 atom stereocenters. The lowest BCUT2D eigenvalue weighted by Gasteiger charge is -2.27.